The Labute approximate surface area is 137 Å². The Morgan fingerprint density at radius 3 is 2.39 bits per heavy atom. The van der Waals surface area contributed by atoms with E-state index < -0.39 is 0 Å². The minimum atomic E-state index is -0.0533. The molecule has 0 saturated heterocycles. The van der Waals surface area contributed by atoms with Crippen LogP contribution in [0.2, 0.25) is 0 Å². The first-order chi connectivity index (χ1) is 11.0. The number of allylic oxidation sites excluding steroid dienone is 3. The summed E-state index contributed by atoms with van der Waals surface area (Å²) in [6, 6.07) is 12.0. The van der Waals surface area contributed by atoms with Crippen LogP contribution in [0.15, 0.2) is 53.3 Å². The van der Waals surface area contributed by atoms with Gasteiger partial charge in [-0.1, -0.05) is 18.2 Å². The van der Waals surface area contributed by atoms with Crippen molar-refractivity contribution in [3.63, 3.8) is 0 Å². The van der Waals surface area contributed by atoms with E-state index in [0.717, 1.165) is 16.8 Å². The Bertz CT molecular complexity index is 724. The smallest absolute Gasteiger partial charge is 0.133 e. The number of hydrogen-bond donors (Lipinski definition) is 0. The van der Waals surface area contributed by atoms with Crippen molar-refractivity contribution in [3.8, 4) is 12.1 Å². The Balaban J connectivity index is 2.23. The third-order valence-electron chi connectivity index (χ3n) is 3.56. The fourth-order valence-corrected chi connectivity index (χ4v) is 2.34. The van der Waals surface area contributed by atoms with Crippen molar-refractivity contribution in [3.05, 3.63) is 58.9 Å². The highest BCUT2D eigenvalue weighted by Crippen LogP contribution is 2.25. The third kappa shape index (κ3) is 4.25. The number of rotatable bonds is 3. The first kappa shape index (κ1) is 16.4. The second-order valence-electron chi connectivity index (χ2n) is 5.62. The van der Waals surface area contributed by atoms with Gasteiger partial charge in [0.25, 0.3) is 0 Å². The van der Waals surface area contributed by atoms with E-state index >= 15 is 0 Å². The predicted octanol–water partition coefficient (Wildman–Crippen LogP) is 3.80. The van der Waals surface area contributed by atoms with Crippen LogP contribution in [0.3, 0.4) is 0 Å². The minimum absolute atomic E-state index is 0.0533. The molecular weight excluding hydrogens is 286 g/mol. The van der Waals surface area contributed by atoms with Gasteiger partial charge in [0.05, 0.1) is 6.10 Å². The molecule has 1 unspecified atom stereocenters. The molecule has 0 aliphatic carbocycles. The van der Waals surface area contributed by atoms with E-state index in [2.05, 4.69) is 0 Å². The predicted molar refractivity (Wildman–Crippen MR) is 91.3 cm³/mol. The number of benzene rings is 1. The Morgan fingerprint density at radius 2 is 1.83 bits per heavy atom. The SMILES string of the molecule is CC1CC(=C(C#N)C#N)C=C(C=Cc2ccc(N(C)C)cc2)O1. The molecule has 1 aromatic rings. The lowest BCUT2D eigenvalue weighted by Gasteiger charge is -2.21. The normalized spacial score (nSPS) is 17.0. The molecule has 0 aromatic heterocycles. The molecule has 1 aliphatic heterocycles. The summed E-state index contributed by atoms with van der Waals surface area (Å²) in [7, 11) is 4.01. The van der Waals surface area contributed by atoms with Gasteiger partial charge in [-0.3, -0.25) is 0 Å². The van der Waals surface area contributed by atoms with Gasteiger partial charge in [-0.15, -0.1) is 0 Å². The molecule has 23 heavy (non-hydrogen) atoms. The summed E-state index contributed by atoms with van der Waals surface area (Å²) in [6.07, 6.45) is 6.12. The molecule has 1 aromatic carbocycles. The summed E-state index contributed by atoms with van der Waals surface area (Å²) < 4.78 is 5.75. The van der Waals surface area contributed by atoms with E-state index in [1.165, 1.54) is 0 Å². The number of nitriles is 2. The summed E-state index contributed by atoms with van der Waals surface area (Å²) in [6.45, 7) is 1.93. The van der Waals surface area contributed by atoms with E-state index in [9.17, 15) is 0 Å². The quantitative estimate of drug-likeness (QED) is 0.797. The van der Waals surface area contributed by atoms with Gasteiger partial charge in [0.15, 0.2) is 0 Å². The maximum absolute atomic E-state index is 9.01. The molecule has 1 atom stereocenters. The van der Waals surface area contributed by atoms with Crippen molar-refractivity contribution < 1.29 is 4.74 Å². The molecule has 4 heteroatoms. The molecule has 2 rings (SSSR count). The summed E-state index contributed by atoms with van der Waals surface area (Å²) >= 11 is 0. The summed E-state index contributed by atoms with van der Waals surface area (Å²) in [4.78, 5) is 2.05. The zero-order valence-electron chi connectivity index (χ0n) is 13.6. The van der Waals surface area contributed by atoms with E-state index in [4.69, 9.17) is 15.3 Å². The molecule has 0 N–H and O–H groups in total. The standard InChI is InChI=1S/C19H19N3O/c1-14-10-16(17(12-20)13-21)11-19(23-14)9-6-15-4-7-18(8-5-15)22(2)3/h4-9,11,14H,10H2,1-3H3. The van der Waals surface area contributed by atoms with Crippen LogP contribution in [0.4, 0.5) is 5.69 Å². The van der Waals surface area contributed by atoms with Crippen molar-refractivity contribution in [1.82, 2.24) is 0 Å². The van der Waals surface area contributed by atoms with Crippen molar-refractivity contribution in [2.75, 3.05) is 19.0 Å². The highest BCUT2D eigenvalue weighted by Gasteiger charge is 2.17. The van der Waals surface area contributed by atoms with Gasteiger partial charge in [0.2, 0.25) is 0 Å². The molecule has 0 radical (unpaired) electrons. The highest BCUT2D eigenvalue weighted by molar-refractivity contribution is 5.58. The zero-order valence-corrected chi connectivity index (χ0v) is 13.6. The van der Waals surface area contributed by atoms with Crippen LogP contribution in [0.5, 0.6) is 0 Å². The van der Waals surface area contributed by atoms with Gasteiger partial charge in [-0.05, 0) is 42.3 Å². The summed E-state index contributed by atoms with van der Waals surface area (Å²) in [5.41, 5.74) is 3.09. The first-order valence-corrected chi connectivity index (χ1v) is 7.40. The fourth-order valence-electron chi connectivity index (χ4n) is 2.34. The average Bonchev–Trinajstić information content (AvgIpc) is 2.54. The highest BCUT2D eigenvalue weighted by atomic mass is 16.5. The summed E-state index contributed by atoms with van der Waals surface area (Å²) in [5, 5.41) is 18.0. The maximum atomic E-state index is 9.01. The number of hydrogen-bond acceptors (Lipinski definition) is 4. The van der Waals surface area contributed by atoms with Crippen LogP contribution >= 0.6 is 0 Å². The third-order valence-corrected chi connectivity index (χ3v) is 3.56. The first-order valence-electron chi connectivity index (χ1n) is 7.40. The Morgan fingerprint density at radius 1 is 1.17 bits per heavy atom. The number of anilines is 1. The monoisotopic (exact) mass is 305 g/mol. The second-order valence-corrected chi connectivity index (χ2v) is 5.62. The van der Waals surface area contributed by atoms with E-state index in [-0.39, 0.29) is 11.7 Å². The van der Waals surface area contributed by atoms with Gasteiger partial charge < -0.3 is 9.64 Å². The van der Waals surface area contributed by atoms with Gasteiger partial charge in [0, 0.05) is 26.2 Å². The number of ether oxygens (including phenoxy) is 1. The fraction of sp³-hybridized carbons (Fsp3) is 0.263. The molecule has 1 heterocycles. The van der Waals surface area contributed by atoms with Crippen molar-refractivity contribution >= 4 is 11.8 Å². The lowest BCUT2D eigenvalue weighted by molar-refractivity contribution is 0.133. The zero-order chi connectivity index (χ0) is 16.8. The lowest BCUT2D eigenvalue weighted by atomic mass is 10.00. The molecule has 0 bridgehead atoms. The van der Waals surface area contributed by atoms with Crippen molar-refractivity contribution in [1.29, 1.82) is 10.5 Å². The van der Waals surface area contributed by atoms with Gasteiger partial charge in [-0.2, -0.15) is 10.5 Å². The Hall–Kier alpha value is -2.98. The molecular formula is C19H19N3O. The molecule has 0 fully saturated rings. The van der Waals surface area contributed by atoms with Crippen LogP contribution in [-0.2, 0) is 4.74 Å². The largest absolute Gasteiger partial charge is 0.490 e. The average molecular weight is 305 g/mol. The van der Waals surface area contributed by atoms with Crippen LogP contribution in [0.1, 0.15) is 18.9 Å². The Kier molecular flexibility index (Phi) is 5.23. The van der Waals surface area contributed by atoms with Crippen LogP contribution in [0, 0.1) is 22.7 Å². The van der Waals surface area contributed by atoms with Crippen LogP contribution in [0.25, 0.3) is 6.08 Å². The molecule has 4 nitrogen and oxygen atoms in total. The van der Waals surface area contributed by atoms with Gasteiger partial charge >= 0.3 is 0 Å². The maximum Gasteiger partial charge on any atom is 0.133 e. The number of nitrogens with zero attached hydrogens (tertiary/aromatic N) is 3. The van der Waals surface area contributed by atoms with E-state index in [1.807, 2.05) is 74.5 Å². The van der Waals surface area contributed by atoms with Crippen molar-refractivity contribution in [2.24, 2.45) is 0 Å². The molecule has 1 aliphatic rings. The van der Waals surface area contributed by atoms with Crippen LogP contribution < -0.4 is 4.90 Å². The molecule has 0 spiro atoms. The second kappa shape index (κ2) is 7.33. The minimum Gasteiger partial charge on any atom is -0.490 e. The molecule has 0 saturated carbocycles. The van der Waals surface area contributed by atoms with Gasteiger partial charge in [0.1, 0.15) is 23.5 Å². The van der Waals surface area contributed by atoms with Crippen molar-refractivity contribution in [2.45, 2.75) is 19.4 Å². The summed E-state index contributed by atoms with van der Waals surface area (Å²) in [5.74, 6) is 0.665. The molecule has 0 amide bonds. The van der Waals surface area contributed by atoms with Gasteiger partial charge in [-0.25, -0.2) is 0 Å². The van der Waals surface area contributed by atoms with E-state index in [0.29, 0.717) is 12.2 Å². The van der Waals surface area contributed by atoms with E-state index in [1.54, 1.807) is 6.08 Å². The topological polar surface area (TPSA) is 60.0 Å². The lowest BCUT2D eigenvalue weighted by Crippen LogP contribution is -2.13. The van der Waals surface area contributed by atoms with Crippen LogP contribution in [-0.4, -0.2) is 20.2 Å². The molecule has 116 valence electrons.